The number of benzene rings is 1. The number of nitrogens with one attached hydrogen (secondary N) is 3. The Labute approximate surface area is 203 Å². The van der Waals surface area contributed by atoms with Gasteiger partial charge in [0, 0.05) is 23.4 Å². The summed E-state index contributed by atoms with van der Waals surface area (Å²) in [7, 11) is 0. The Morgan fingerprint density at radius 2 is 1.94 bits per heavy atom. The predicted octanol–water partition coefficient (Wildman–Crippen LogP) is 2.87. The van der Waals surface area contributed by atoms with Gasteiger partial charge in [0.15, 0.2) is 5.65 Å². The molecule has 5 rings (SSSR count). The van der Waals surface area contributed by atoms with Crippen LogP contribution < -0.4 is 16.0 Å². The Morgan fingerprint density at radius 3 is 2.67 bits per heavy atom. The number of hydrogen-bond donors (Lipinski definition) is 3. The van der Waals surface area contributed by atoms with Crippen molar-refractivity contribution in [2.75, 3.05) is 30.3 Å². The fourth-order valence-electron chi connectivity index (χ4n) is 4.23. The number of amides is 2. The number of carbonyl (C=O) groups excluding carboxylic acids is 2. The normalized spacial score (nSPS) is 17.8. The van der Waals surface area contributed by atoms with Gasteiger partial charge in [-0.1, -0.05) is 12.1 Å². The minimum absolute atomic E-state index is 0.0533. The third-order valence-corrected chi connectivity index (χ3v) is 5.86. The number of likely N-dealkylation sites (tertiary alicyclic amines) is 1. The van der Waals surface area contributed by atoms with Crippen LogP contribution in [-0.4, -0.2) is 62.1 Å². The summed E-state index contributed by atoms with van der Waals surface area (Å²) < 4.78 is 39.9. The maximum atomic E-state index is 12.9. The molecule has 0 saturated carbocycles. The summed E-state index contributed by atoms with van der Waals surface area (Å²) >= 11 is 0. The van der Waals surface area contributed by atoms with E-state index >= 15 is 0 Å². The standard InChI is InChI=1S/C23H23F3N8O2/c24-23(25,26)13-27-22-32-21(29-17-5-3-4-14(8-17)12-33-6-1-2-7-33)31-19-16(11-28-34(19)22)9-15-10-18(35)30-20(15)36/h3-5,8-9,11H,1-2,6-7,10,12-13H2,(H,30,35,36)(H2,27,29,31,32)/b15-9+. The van der Waals surface area contributed by atoms with Gasteiger partial charge in [0.1, 0.15) is 6.54 Å². The second kappa shape index (κ2) is 9.57. The van der Waals surface area contributed by atoms with E-state index in [2.05, 4.69) is 35.9 Å². The Hall–Kier alpha value is -4.00. The summed E-state index contributed by atoms with van der Waals surface area (Å²) in [4.78, 5) is 34.5. The van der Waals surface area contributed by atoms with Gasteiger partial charge in [-0.2, -0.15) is 32.8 Å². The highest BCUT2D eigenvalue weighted by Gasteiger charge is 2.28. The van der Waals surface area contributed by atoms with Gasteiger partial charge in [-0.25, -0.2) is 0 Å². The molecule has 0 radical (unpaired) electrons. The van der Waals surface area contributed by atoms with Gasteiger partial charge < -0.3 is 10.6 Å². The number of imide groups is 1. The van der Waals surface area contributed by atoms with E-state index in [-0.39, 0.29) is 29.5 Å². The molecule has 1 aromatic carbocycles. The number of aromatic nitrogens is 4. The lowest BCUT2D eigenvalue weighted by Gasteiger charge is -2.15. The molecule has 0 aliphatic carbocycles. The molecule has 2 amide bonds. The Balaban J connectivity index is 1.48. The van der Waals surface area contributed by atoms with Crippen LogP contribution in [0.3, 0.4) is 0 Å². The van der Waals surface area contributed by atoms with Crippen LogP contribution in [0.5, 0.6) is 0 Å². The highest BCUT2D eigenvalue weighted by molar-refractivity contribution is 6.15. The summed E-state index contributed by atoms with van der Waals surface area (Å²) in [5.41, 5.74) is 2.51. The first-order valence-electron chi connectivity index (χ1n) is 11.4. The molecule has 3 aromatic rings. The van der Waals surface area contributed by atoms with Crippen LogP contribution in [0, 0.1) is 0 Å². The van der Waals surface area contributed by atoms with Crippen LogP contribution in [0.25, 0.3) is 11.7 Å². The molecule has 2 aromatic heterocycles. The Morgan fingerprint density at radius 1 is 1.14 bits per heavy atom. The number of halogens is 3. The van der Waals surface area contributed by atoms with Crippen molar-refractivity contribution in [3.05, 3.63) is 47.2 Å². The van der Waals surface area contributed by atoms with E-state index in [1.165, 1.54) is 25.1 Å². The monoisotopic (exact) mass is 500 g/mol. The van der Waals surface area contributed by atoms with Crippen molar-refractivity contribution in [2.45, 2.75) is 32.0 Å². The SMILES string of the molecule is O=C1C/C(=C\c2cnn3c(NCC(F)(F)F)nc(Nc4cccc(CN5CCCC5)c4)nc23)C(=O)N1. The maximum Gasteiger partial charge on any atom is 0.405 e. The second-order valence-corrected chi connectivity index (χ2v) is 8.71. The molecule has 2 fully saturated rings. The molecule has 0 atom stereocenters. The molecule has 2 saturated heterocycles. The number of anilines is 3. The van der Waals surface area contributed by atoms with Crippen molar-refractivity contribution in [1.82, 2.24) is 29.8 Å². The van der Waals surface area contributed by atoms with E-state index in [9.17, 15) is 22.8 Å². The molecule has 2 aliphatic rings. The summed E-state index contributed by atoms with van der Waals surface area (Å²) in [6.07, 6.45) is 0.582. The van der Waals surface area contributed by atoms with Gasteiger partial charge in [-0.15, -0.1) is 0 Å². The zero-order chi connectivity index (χ0) is 25.3. The van der Waals surface area contributed by atoms with Crippen LogP contribution in [0.1, 0.15) is 30.4 Å². The summed E-state index contributed by atoms with van der Waals surface area (Å²) in [5, 5.41) is 11.6. The first-order valence-corrected chi connectivity index (χ1v) is 11.4. The number of carbonyl (C=O) groups is 2. The predicted molar refractivity (Wildman–Crippen MR) is 125 cm³/mol. The third-order valence-electron chi connectivity index (χ3n) is 5.86. The molecule has 3 N–H and O–H groups in total. The number of rotatable bonds is 7. The average molecular weight is 500 g/mol. The number of nitrogens with zero attached hydrogens (tertiary/aromatic N) is 5. The topological polar surface area (TPSA) is 117 Å². The van der Waals surface area contributed by atoms with Crippen molar-refractivity contribution in [2.24, 2.45) is 0 Å². The van der Waals surface area contributed by atoms with Crippen LogP contribution in [0.15, 0.2) is 36.0 Å². The van der Waals surface area contributed by atoms with E-state index in [0.29, 0.717) is 11.3 Å². The number of alkyl halides is 3. The van der Waals surface area contributed by atoms with Gasteiger partial charge in [-0.05, 0) is 49.7 Å². The Kier molecular flexibility index (Phi) is 6.31. The van der Waals surface area contributed by atoms with Crippen molar-refractivity contribution in [1.29, 1.82) is 0 Å². The molecule has 10 nitrogen and oxygen atoms in total. The second-order valence-electron chi connectivity index (χ2n) is 8.71. The van der Waals surface area contributed by atoms with Crippen molar-refractivity contribution in [3.63, 3.8) is 0 Å². The van der Waals surface area contributed by atoms with Crippen LogP contribution in [0.2, 0.25) is 0 Å². The highest BCUT2D eigenvalue weighted by atomic mass is 19.4. The van der Waals surface area contributed by atoms with Gasteiger partial charge in [0.2, 0.25) is 17.8 Å². The van der Waals surface area contributed by atoms with E-state index in [0.717, 1.165) is 29.7 Å². The van der Waals surface area contributed by atoms with Crippen LogP contribution >= 0.6 is 0 Å². The number of hydrogen-bond acceptors (Lipinski definition) is 8. The van der Waals surface area contributed by atoms with Gasteiger partial charge >= 0.3 is 6.18 Å². The van der Waals surface area contributed by atoms with E-state index in [1.54, 1.807) is 0 Å². The summed E-state index contributed by atoms with van der Waals surface area (Å²) in [6.45, 7) is 1.58. The molecular weight excluding hydrogens is 477 g/mol. The first-order chi connectivity index (χ1) is 17.2. The number of fused-ring (bicyclic) bond motifs is 1. The highest BCUT2D eigenvalue weighted by Crippen LogP contribution is 2.24. The maximum absolute atomic E-state index is 12.9. The van der Waals surface area contributed by atoms with Crippen LogP contribution in [-0.2, 0) is 16.1 Å². The third kappa shape index (κ3) is 5.46. The van der Waals surface area contributed by atoms with E-state index < -0.39 is 24.5 Å². The molecule has 0 spiro atoms. The minimum atomic E-state index is -4.48. The summed E-state index contributed by atoms with van der Waals surface area (Å²) in [5.74, 6) is -1.08. The fourth-order valence-corrected chi connectivity index (χ4v) is 4.23. The molecule has 188 valence electrons. The summed E-state index contributed by atoms with van der Waals surface area (Å²) in [6, 6.07) is 7.67. The fraction of sp³-hybridized carbons (Fsp3) is 0.348. The van der Waals surface area contributed by atoms with E-state index in [4.69, 9.17) is 0 Å². The Bertz CT molecular complexity index is 1340. The van der Waals surface area contributed by atoms with Gasteiger partial charge in [-0.3, -0.25) is 19.8 Å². The van der Waals surface area contributed by atoms with Crippen molar-refractivity contribution < 1.29 is 22.8 Å². The lowest BCUT2D eigenvalue weighted by atomic mass is 10.1. The molecule has 2 aliphatic heterocycles. The van der Waals surface area contributed by atoms with Crippen LogP contribution in [0.4, 0.5) is 30.8 Å². The average Bonchev–Trinajstić information content (AvgIpc) is 3.54. The van der Waals surface area contributed by atoms with Crippen molar-refractivity contribution >= 4 is 41.1 Å². The smallest absolute Gasteiger partial charge is 0.345 e. The molecule has 13 heteroatoms. The van der Waals surface area contributed by atoms with Gasteiger partial charge in [0.05, 0.1) is 12.6 Å². The zero-order valence-electron chi connectivity index (χ0n) is 19.1. The largest absolute Gasteiger partial charge is 0.405 e. The molecular formula is C23H23F3N8O2. The minimum Gasteiger partial charge on any atom is -0.345 e. The van der Waals surface area contributed by atoms with E-state index in [1.807, 2.05) is 24.3 Å². The zero-order valence-corrected chi connectivity index (χ0v) is 19.1. The van der Waals surface area contributed by atoms with Gasteiger partial charge in [0.25, 0.3) is 5.91 Å². The molecule has 0 unspecified atom stereocenters. The lowest BCUT2D eigenvalue weighted by Crippen LogP contribution is -2.23. The molecule has 36 heavy (non-hydrogen) atoms. The molecule has 0 bridgehead atoms. The quantitative estimate of drug-likeness (QED) is 0.335. The van der Waals surface area contributed by atoms with Crippen molar-refractivity contribution in [3.8, 4) is 0 Å². The molecule has 4 heterocycles. The first kappa shape index (κ1) is 23.7. The lowest BCUT2D eigenvalue weighted by molar-refractivity contribution is -0.124.